The first-order valence-corrected chi connectivity index (χ1v) is 9.53. The summed E-state index contributed by atoms with van der Waals surface area (Å²) in [7, 11) is -3.74. The Balaban J connectivity index is 1.51. The highest BCUT2D eigenvalue weighted by Gasteiger charge is 2.14. The van der Waals surface area contributed by atoms with Gasteiger partial charge in [0.15, 0.2) is 17.3 Å². The molecule has 1 N–H and O–H groups in total. The van der Waals surface area contributed by atoms with Crippen molar-refractivity contribution < 1.29 is 27.4 Å². The van der Waals surface area contributed by atoms with Crippen LogP contribution in [-0.4, -0.2) is 34.1 Å². The van der Waals surface area contributed by atoms with Gasteiger partial charge in [0.25, 0.3) is 0 Å². The summed E-state index contributed by atoms with van der Waals surface area (Å²) in [4.78, 5) is 11.4. The van der Waals surface area contributed by atoms with E-state index < -0.39 is 10.0 Å². The lowest BCUT2D eigenvalue weighted by molar-refractivity contribution is 0.101. The number of carbonyl (C=O) groups is 1. The van der Waals surface area contributed by atoms with E-state index in [4.69, 9.17) is 14.2 Å². The number of sulfonamides is 1. The van der Waals surface area contributed by atoms with E-state index in [2.05, 4.69) is 16.6 Å². The minimum Gasteiger partial charge on any atom is -0.481 e. The second-order valence-electron chi connectivity index (χ2n) is 5.57. The van der Waals surface area contributed by atoms with Crippen LogP contribution in [0.5, 0.6) is 17.2 Å². The van der Waals surface area contributed by atoms with Gasteiger partial charge < -0.3 is 14.2 Å². The molecule has 0 spiro atoms. The summed E-state index contributed by atoms with van der Waals surface area (Å²) >= 11 is 0. The lowest BCUT2D eigenvalue weighted by atomic mass is 10.2. The van der Waals surface area contributed by atoms with Gasteiger partial charge in [0.2, 0.25) is 16.8 Å². The van der Waals surface area contributed by atoms with Gasteiger partial charge in [-0.25, -0.2) is 8.42 Å². The number of benzene rings is 2. The quantitative estimate of drug-likeness (QED) is 0.602. The fourth-order valence-corrected chi connectivity index (χ4v) is 3.26. The average molecular weight is 387 g/mol. The smallest absolute Gasteiger partial charge is 0.241 e. The van der Waals surface area contributed by atoms with Crippen molar-refractivity contribution >= 4 is 15.8 Å². The summed E-state index contributed by atoms with van der Waals surface area (Å²) in [6.45, 7) is 1.59. The van der Waals surface area contributed by atoms with E-state index in [-0.39, 0.29) is 30.6 Å². The number of Topliss-reactive ketones (excluding diaryl/α,β-unsaturated/α-hetero) is 1. The van der Waals surface area contributed by atoms with E-state index >= 15 is 0 Å². The number of fused-ring (bicyclic) bond motifs is 1. The van der Waals surface area contributed by atoms with Crippen LogP contribution in [0.3, 0.4) is 0 Å². The van der Waals surface area contributed by atoms with Crippen LogP contribution in [0.15, 0.2) is 47.4 Å². The van der Waals surface area contributed by atoms with Gasteiger partial charge in [-0.05, 0) is 31.2 Å². The average Bonchev–Trinajstić information content (AvgIpc) is 3.12. The number of rotatable bonds is 6. The molecule has 0 bridgehead atoms. The van der Waals surface area contributed by atoms with Crippen LogP contribution in [0.2, 0.25) is 0 Å². The first-order chi connectivity index (χ1) is 13.0. The maximum Gasteiger partial charge on any atom is 0.241 e. The van der Waals surface area contributed by atoms with Gasteiger partial charge in [-0.1, -0.05) is 24.0 Å². The summed E-state index contributed by atoms with van der Waals surface area (Å²) in [5, 5.41) is 0. The molecule has 0 saturated heterocycles. The number of hydrogen-bond acceptors (Lipinski definition) is 6. The Morgan fingerprint density at radius 1 is 1.15 bits per heavy atom. The van der Waals surface area contributed by atoms with Crippen LogP contribution < -0.4 is 18.9 Å². The fraction of sp³-hybridized carbons (Fsp3) is 0.211. The molecule has 0 saturated carbocycles. The van der Waals surface area contributed by atoms with Crippen molar-refractivity contribution in [3.8, 4) is 29.1 Å². The third-order valence-electron chi connectivity index (χ3n) is 3.68. The predicted octanol–water partition coefficient (Wildman–Crippen LogP) is 1.98. The van der Waals surface area contributed by atoms with Crippen molar-refractivity contribution in [2.24, 2.45) is 0 Å². The highest BCUT2D eigenvalue weighted by Crippen LogP contribution is 2.34. The molecule has 1 aliphatic heterocycles. The van der Waals surface area contributed by atoms with Crippen LogP contribution in [0.4, 0.5) is 0 Å². The van der Waals surface area contributed by atoms with E-state index in [0.29, 0.717) is 22.8 Å². The first-order valence-electron chi connectivity index (χ1n) is 8.04. The topological polar surface area (TPSA) is 90.9 Å². The van der Waals surface area contributed by atoms with Crippen LogP contribution in [0, 0.1) is 11.8 Å². The standard InChI is InChI=1S/C19H17NO6S/c1-14(21)15-5-4-6-17(11-15)27(22,23)20-9-2-3-10-24-16-7-8-18-19(12-16)26-13-25-18/h4-8,11-12,20H,9-10,13H2,1H3. The largest absolute Gasteiger partial charge is 0.481 e. The molecule has 1 aliphatic rings. The maximum absolute atomic E-state index is 12.2. The first kappa shape index (κ1) is 18.8. The van der Waals surface area contributed by atoms with Crippen molar-refractivity contribution in [2.45, 2.75) is 11.8 Å². The van der Waals surface area contributed by atoms with Gasteiger partial charge >= 0.3 is 0 Å². The molecule has 0 unspecified atom stereocenters. The molecule has 2 aromatic rings. The minimum atomic E-state index is -3.74. The Labute approximate surface area is 157 Å². The van der Waals surface area contributed by atoms with Gasteiger partial charge in [-0.3, -0.25) is 4.79 Å². The predicted molar refractivity (Wildman–Crippen MR) is 97.5 cm³/mol. The van der Waals surface area contributed by atoms with Gasteiger partial charge in [-0.2, -0.15) is 4.72 Å². The summed E-state index contributed by atoms with van der Waals surface area (Å²) in [6.07, 6.45) is 0. The Hall–Kier alpha value is -3.02. The van der Waals surface area contributed by atoms with Gasteiger partial charge in [0.1, 0.15) is 12.4 Å². The van der Waals surface area contributed by atoms with Crippen LogP contribution in [-0.2, 0) is 10.0 Å². The van der Waals surface area contributed by atoms with Crippen LogP contribution in [0.1, 0.15) is 17.3 Å². The zero-order chi connectivity index (χ0) is 19.3. The van der Waals surface area contributed by atoms with E-state index in [1.165, 1.54) is 25.1 Å². The monoisotopic (exact) mass is 387 g/mol. The molecule has 0 aromatic heterocycles. The number of nitrogens with one attached hydrogen (secondary N) is 1. The summed E-state index contributed by atoms with van der Waals surface area (Å²) in [6, 6.07) is 11.0. The zero-order valence-corrected chi connectivity index (χ0v) is 15.3. The third kappa shape index (κ3) is 4.78. The van der Waals surface area contributed by atoms with Gasteiger partial charge in [-0.15, -0.1) is 0 Å². The third-order valence-corrected chi connectivity index (χ3v) is 5.08. The van der Waals surface area contributed by atoms with Crippen molar-refractivity contribution in [3.05, 3.63) is 48.0 Å². The lowest BCUT2D eigenvalue weighted by Crippen LogP contribution is -2.24. The molecule has 8 heteroatoms. The minimum absolute atomic E-state index is 0.0219. The van der Waals surface area contributed by atoms with E-state index in [0.717, 1.165) is 0 Å². The molecular formula is C19H17NO6S. The number of carbonyl (C=O) groups excluding carboxylic acids is 1. The second-order valence-corrected chi connectivity index (χ2v) is 7.33. The maximum atomic E-state index is 12.2. The van der Waals surface area contributed by atoms with Crippen molar-refractivity contribution in [3.63, 3.8) is 0 Å². The number of hydrogen-bond donors (Lipinski definition) is 1. The molecule has 0 aliphatic carbocycles. The Morgan fingerprint density at radius 3 is 2.78 bits per heavy atom. The zero-order valence-electron chi connectivity index (χ0n) is 14.5. The molecule has 27 heavy (non-hydrogen) atoms. The molecule has 0 radical (unpaired) electrons. The van der Waals surface area contributed by atoms with E-state index in [1.807, 2.05) is 0 Å². The normalized spacial score (nSPS) is 12.2. The number of ether oxygens (including phenoxy) is 3. The molecule has 1 heterocycles. The highest BCUT2D eigenvalue weighted by molar-refractivity contribution is 7.89. The van der Waals surface area contributed by atoms with Crippen molar-refractivity contribution in [1.82, 2.24) is 4.72 Å². The Kier molecular flexibility index (Phi) is 5.64. The summed E-state index contributed by atoms with van der Waals surface area (Å²) in [5.74, 6) is 7.07. The van der Waals surface area contributed by atoms with E-state index in [9.17, 15) is 13.2 Å². The van der Waals surface area contributed by atoms with Gasteiger partial charge in [0.05, 0.1) is 11.4 Å². The molecule has 140 valence electrons. The lowest BCUT2D eigenvalue weighted by Gasteiger charge is -2.05. The summed E-state index contributed by atoms with van der Waals surface area (Å²) in [5.41, 5.74) is 0.334. The van der Waals surface area contributed by atoms with Crippen molar-refractivity contribution in [2.75, 3.05) is 19.9 Å². The van der Waals surface area contributed by atoms with Crippen LogP contribution >= 0.6 is 0 Å². The molecule has 0 amide bonds. The molecular weight excluding hydrogens is 370 g/mol. The molecule has 0 atom stereocenters. The highest BCUT2D eigenvalue weighted by atomic mass is 32.2. The fourth-order valence-electron chi connectivity index (χ4n) is 2.30. The molecule has 0 fully saturated rings. The Morgan fingerprint density at radius 2 is 1.96 bits per heavy atom. The van der Waals surface area contributed by atoms with Gasteiger partial charge in [0, 0.05) is 11.6 Å². The van der Waals surface area contributed by atoms with Crippen LogP contribution in [0.25, 0.3) is 0 Å². The second kappa shape index (κ2) is 8.12. The molecule has 7 nitrogen and oxygen atoms in total. The van der Waals surface area contributed by atoms with Crippen molar-refractivity contribution in [1.29, 1.82) is 0 Å². The SMILES string of the molecule is CC(=O)c1cccc(S(=O)(=O)NCC#CCOc2ccc3c(c2)OCO3)c1. The Bertz CT molecular complexity index is 1020. The van der Waals surface area contributed by atoms with E-state index in [1.54, 1.807) is 24.3 Å². The molecule has 3 rings (SSSR count). The summed E-state index contributed by atoms with van der Waals surface area (Å²) < 4.78 is 42.7. The molecule has 2 aromatic carbocycles. The number of ketones is 1.